The van der Waals surface area contributed by atoms with Crippen LogP contribution in [0, 0.1) is 11.7 Å². The van der Waals surface area contributed by atoms with E-state index in [2.05, 4.69) is 25.2 Å². The summed E-state index contributed by atoms with van der Waals surface area (Å²) in [6, 6.07) is 9.59. The second kappa shape index (κ2) is 7.57. The molecule has 0 unspecified atom stereocenters. The van der Waals surface area contributed by atoms with E-state index in [0.717, 1.165) is 18.7 Å². The molecule has 0 atom stereocenters. The van der Waals surface area contributed by atoms with Crippen LogP contribution < -0.4 is 10.2 Å². The first kappa shape index (κ1) is 16.0. The van der Waals surface area contributed by atoms with Crippen LogP contribution in [0.15, 0.2) is 35.7 Å². The van der Waals surface area contributed by atoms with Gasteiger partial charge < -0.3 is 10.2 Å². The zero-order chi connectivity index (χ0) is 15.2. The van der Waals surface area contributed by atoms with Crippen LogP contribution in [0.5, 0.6) is 0 Å². The number of nitrogens with zero attached hydrogens (tertiary/aromatic N) is 1. The van der Waals surface area contributed by atoms with Gasteiger partial charge in [-0.1, -0.05) is 26.0 Å². The molecule has 21 heavy (non-hydrogen) atoms. The molecule has 1 aromatic heterocycles. The topological polar surface area (TPSA) is 15.3 Å². The first-order valence-electron chi connectivity index (χ1n) is 7.29. The SMILES string of the molecule is CC(C)CNCc1ccc(N(C)Cc2cccs2)c(F)c1. The molecule has 0 bridgehead atoms. The fourth-order valence-corrected chi connectivity index (χ4v) is 2.95. The van der Waals surface area contributed by atoms with Crippen molar-refractivity contribution in [3.05, 3.63) is 52.0 Å². The fraction of sp³-hybridized carbons (Fsp3) is 0.412. The molecule has 0 aliphatic heterocycles. The van der Waals surface area contributed by atoms with Gasteiger partial charge >= 0.3 is 0 Å². The smallest absolute Gasteiger partial charge is 0.146 e. The van der Waals surface area contributed by atoms with Crippen molar-refractivity contribution < 1.29 is 4.39 Å². The molecule has 2 aromatic rings. The Hall–Kier alpha value is -1.39. The molecule has 0 spiro atoms. The molecule has 114 valence electrons. The minimum atomic E-state index is -0.155. The van der Waals surface area contributed by atoms with Gasteiger partial charge in [0.05, 0.1) is 12.2 Å². The second-order valence-electron chi connectivity index (χ2n) is 5.75. The predicted octanol–water partition coefficient (Wildman–Crippen LogP) is 4.27. The monoisotopic (exact) mass is 306 g/mol. The van der Waals surface area contributed by atoms with Gasteiger partial charge in [-0.05, 0) is 41.6 Å². The van der Waals surface area contributed by atoms with E-state index in [1.54, 1.807) is 17.4 Å². The largest absolute Gasteiger partial charge is 0.367 e. The Morgan fingerprint density at radius 2 is 2.10 bits per heavy atom. The molecule has 1 aromatic carbocycles. The third kappa shape index (κ3) is 4.83. The van der Waals surface area contributed by atoms with Crippen molar-refractivity contribution in [3.8, 4) is 0 Å². The molecule has 0 saturated carbocycles. The molecular weight excluding hydrogens is 283 g/mol. The van der Waals surface area contributed by atoms with Crippen LogP contribution in [0.4, 0.5) is 10.1 Å². The van der Waals surface area contributed by atoms with Crippen LogP contribution in [-0.2, 0) is 13.1 Å². The van der Waals surface area contributed by atoms with Crippen molar-refractivity contribution >= 4 is 17.0 Å². The summed E-state index contributed by atoms with van der Waals surface area (Å²) >= 11 is 1.69. The lowest BCUT2D eigenvalue weighted by atomic mass is 10.1. The Labute approximate surface area is 130 Å². The standard InChI is InChI=1S/C17H23FN2S/c1-13(2)10-19-11-14-6-7-17(16(18)9-14)20(3)12-15-5-4-8-21-15/h4-9,13,19H,10-12H2,1-3H3. The Morgan fingerprint density at radius 1 is 1.29 bits per heavy atom. The summed E-state index contributed by atoms with van der Waals surface area (Å²) < 4.78 is 14.2. The Bertz CT molecular complexity index is 552. The average molecular weight is 306 g/mol. The highest BCUT2D eigenvalue weighted by Gasteiger charge is 2.09. The van der Waals surface area contributed by atoms with Crippen LogP contribution in [-0.4, -0.2) is 13.6 Å². The Morgan fingerprint density at radius 3 is 2.71 bits per heavy atom. The number of thiophene rings is 1. The number of benzene rings is 1. The molecule has 0 saturated heterocycles. The molecular formula is C17H23FN2S. The molecule has 2 nitrogen and oxygen atoms in total. The van der Waals surface area contributed by atoms with Gasteiger partial charge in [0.25, 0.3) is 0 Å². The van der Waals surface area contributed by atoms with E-state index < -0.39 is 0 Å². The summed E-state index contributed by atoms with van der Waals surface area (Å²) in [4.78, 5) is 3.19. The third-order valence-electron chi connectivity index (χ3n) is 3.28. The third-order valence-corrected chi connectivity index (χ3v) is 4.14. The van der Waals surface area contributed by atoms with Crippen molar-refractivity contribution in [2.45, 2.75) is 26.9 Å². The summed E-state index contributed by atoms with van der Waals surface area (Å²) in [6.45, 7) is 6.72. The first-order chi connectivity index (χ1) is 10.1. The quantitative estimate of drug-likeness (QED) is 0.822. The average Bonchev–Trinajstić information content (AvgIpc) is 2.91. The highest BCUT2D eigenvalue weighted by atomic mass is 32.1. The summed E-state index contributed by atoms with van der Waals surface area (Å²) in [7, 11) is 1.93. The van der Waals surface area contributed by atoms with Crippen LogP contribution >= 0.6 is 11.3 Å². The first-order valence-corrected chi connectivity index (χ1v) is 8.17. The lowest BCUT2D eigenvalue weighted by Gasteiger charge is -2.19. The van der Waals surface area contributed by atoms with Gasteiger partial charge in [-0.2, -0.15) is 0 Å². The highest BCUT2D eigenvalue weighted by Crippen LogP contribution is 2.22. The minimum Gasteiger partial charge on any atom is -0.367 e. The van der Waals surface area contributed by atoms with E-state index in [1.165, 1.54) is 4.88 Å². The van der Waals surface area contributed by atoms with Gasteiger partial charge in [0.15, 0.2) is 0 Å². The maximum atomic E-state index is 14.2. The van der Waals surface area contributed by atoms with Crippen molar-refractivity contribution in [1.82, 2.24) is 5.32 Å². The fourth-order valence-electron chi connectivity index (χ4n) is 2.20. The second-order valence-corrected chi connectivity index (χ2v) is 6.78. The molecule has 4 heteroatoms. The van der Waals surface area contributed by atoms with Gasteiger partial charge in [-0.15, -0.1) is 11.3 Å². The van der Waals surface area contributed by atoms with Crippen molar-refractivity contribution in [1.29, 1.82) is 0 Å². The van der Waals surface area contributed by atoms with Crippen LogP contribution in [0.3, 0.4) is 0 Å². The molecule has 0 fully saturated rings. The Kier molecular flexibility index (Phi) is 5.76. The summed E-state index contributed by atoms with van der Waals surface area (Å²) in [6.07, 6.45) is 0. The normalized spacial score (nSPS) is 11.1. The van der Waals surface area contributed by atoms with Gasteiger partial charge in [-0.3, -0.25) is 0 Å². The lowest BCUT2D eigenvalue weighted by molar-refractivity contribution is 0.550. The zero-order valence-electron chi connectivity index (χ0n) is 12.9. The lowest BCUT2D eigenvalue weighted by Crippen LogP contribution is -2.20. The van der Waals surface area contributed by atoms with Crippen molar-refractivity contribution in [2.24, 2.45) is 5.92 Å². The molecule has 2 rings (SSSR count). The van der Waals surface area contributed by atoms with Crippen LogP contribution in [0.25, 0.3) is 0 Å². The van der Waals surface area contributed by atoms with Crippen molar-refractivity contribution in [3.63, 3.8) is 0 Å². The minimum absolute atomic E-state index is 0.155. The molecule has 0 amide bonds. The number of nitrogens with one attached hydrogen (secondary N) is 1. The molecule has 0 aliphatic rings. The Balaban J connectivity index is 1.98. The number of hydrogen-bond acceptors (Lipinski definition) is 3. The van der Waals surface area contributed by atoms with E-state index in [4.69, 9.17) is 0 Å². The number of halogens is 1. The summed E-state index contributed by atoms with van der Waals surface area (Å²) in [5.41, 5.74) is 1.64. The molecule has 1 heterocycles. The summed E-state index contributed by atoms with van der Waals surface area (Å²) in [5, 5.41) is 5.38. The zero-order valence-corrected chi connectivity index (χ0v) is 13.7. The highest BCUT2D eigenvalue weighted by molar-refractivity contribution is 7.09. The van der Waals surface area contributed by atoms with Gasteiger partial charge in [0.2, 0.25) is 0 Å². The molecule has 0 aliphatic carbocycles. The van der Waals surface area contributed by atoms with Gasteiger partial charge in [0.1, 0.15) is 5.82 Å². The number of rotatable bonds is 7. The molecule has 0 radical (unpaired) electrons. The van der Waals surface area contributed by atoms with Gasteiger partial charge in [0, 0.05) is 18.5 Å². The predicted molar refractivity (Wildman–Crippen MR) is 89.4 cm³/mol. The van der Waals surface area contributed by atoms with E-state index in [0.29, 0.717) is 18.2 Å². The maximum Gasteiger partial charge on any atom is 0.146 e. The van der Waals surface area contributed by atoms with E-state index >= 15 is 0 Å². The maximum absolute atomic E-state index is 14.2. The van der Waals surface area contributed by atoms with Crippen LogP contribution in [0.1, 0.15) is 24.3 Å². The van der Waals surface area contributed by atoms with Crippen LogP contribution in [0.2, 0.25) is 0 Å². The van der Waals surface area contributed by atoms with E-state index in [9.17, 15) is 4.39 Å². The van der Waals surface area contributed by atoms with E-state index in [-0.39, 0.29) is 5.82 Å². The van der Waals surface area contributed by atoms with Gasteiger partial charge in [-0.25, -0.2) is 4.39 Å². The molecule has 1 N–H and O–H groups in total. The number of hydrogen-bond donors (Lipinski definition) is 1. The van der Waals surface area contributed by atoms with E-state index in [1.807, 2.05) is 35.5 Å². The van der Waals surface area contributed by atoms with Crippen molar-refractivity contribution in [2.75, 3.05) is 18.5 Å². The number of anilines is 1. The summed E-state index contributed by atoms with van der Waals surface area (Å²) in [5.74, 6) is 0.448.